The number of esters is 1. The maximum absolute atomic E-state index is 12.9. The summed E-state index contributed by atoms with van der Waals surface area (Å²) in [4.78, 5) is 53.8. The van der Waals surface area contributed by atoms with E-state index in [1.807, 2.05) is 0 Å². The van der Waals surface area contributed by atoms with Gasteiger partial charge in [-0.1, -0.05) is 122 Å². The summed E-state index contributed by atoms with van der Waals surface area (Å²) in [6.07, 6.45) is -0.218. The van der Waals surface area contributed by atoms with E-state index in [1.54, 1.807) is 26.0 Å². The van der Waals surface area contributed by atoms with Gasteiger partial charge in [0.05, 0.1) is 5.56 Å². The van der Waals surface area contributed by atoms with Crippen LogP contribution in [0.4, 0.5) is 0 Å². The van der Waals surface area contributed by atoms with Crippen molar-refractivity contribution in [3.05, 3.63) is 143 Å². The van der Waals surface area contributed by atoms with Crippen molar-refractivity contribution in [3.8, 4) is 0 Å². The normalized spacial score (nSPS) is 20.8. The Morgan fingerprint density at radius 3 is 1.43 bits per heavy atom. The summed E-state index contributed by atoms with van der Waals surface area (Å²) >= 11 is 0. The smallest absolute Gasteiger partial charge is 0.360 e. The molecule has 0 amide bonds. The van der Waals surface area contributed by atoms with Crippen LogP contribution in [-0.4, -0.2) is 113 Å². The first kappa shape index (κ1) is 47.4. The molecule has 12 heteroatoms. The molecular formula is C48H62N4O8. The van der Waals surface area contributed by atoms with E-state index in [9.17, 15) is 29.4 Å². The summed E-state index contributed by atoms with van der Waals surface area (Å²) in [6.45, 7) is 15.2. The van der Waals surface area contributed by atoms with E-state index >= 15 is 0 Å². The van der Waals surface area contributed by atoms with Crippen molar-refractivity contribution in [3.63, 3.8) is 0 Å². The van der Waals surface area contributed by atoms with Crippen LogP contribution in [0.5, 0.6) is 0 Å². The van der Waals surface area contributed by atoms with Gasteiger partial charge in [-0.05, 0) is 89.0 Å². The maximum Gasteiger partial charge on any atom is 0.360 e. The summed E-state index contributed by atoms with van der Waals surface area (Å²) in [5.74, 6) is -5.15. The van der Waals surface area contributed by atoms with E-state index in [0.717, 1.165) is 36.1 Å². The molecule has 0 bridgehead atoms. The van der Waals surface area contributed by atoms with E-state index in [1.165, 1.54) is 86.5 Å². The van der Waals surface area contributed by atoms with Crippen molar-refractivity contribution in [1.82, 2.24) is 20.4 Å². The number of benzene rings is 4. The van der Waals surface area contributed by atoms with Crippen LogP contribution in [0.25, 0.3) is 0 Å². The van der Waals surface area contributed by atoms with Crippen LogP contribution < -0.4 is 10.6 Å². The molecule has 0 radical (unpaired) electrons. The lowest BCUT2D eigenvalue weighted by atomic mass is 9.86. The van der Waals surface area contributed by atoms with Gasteiger partial charge in [0, 0.05) is 43.8 Å². The standard InChI is InChI=1S/C20H18O8.2C14H22N2/c1-11-3-7-13(8-4-11)15(21)20(19(26)27,16(22)17(23)24)28-18(25)14-9-5-12(2)6-10-14;2*1-12-8-9-16(11-14(12)15-2)10-13-6-4-3-5-7-13/h3-10,16,22H,1-2H3,(H,23,24)(H,26,27);2*3-7,12,14-15H,8-11H2,1-2H3/t16-,20+;2*12-,14+/m011/s1. The minimum Gasteiger partial charge on any atom is -0.479 e. The van der Waals surface area contributed by atoms with Crippen LogP contribution in [0.3, 0.4) is 0 Å². The van der Waals surface area contributed by atoms with Crippen LogP contribution in [0.1, 0.15) is 69.7 Å². The minimum atomic E-state index is -3.36. The second-order valence-electron chi connectivity index (χ2n) is 16.0. The molecule has 2 aliphatic heterocycles. The number of carbonyl (C=O) groups is 4. The summed E-state index contributed by atoms with van der Waals surface area (Å²) in [6, 6.07) is 34.1. The van der Waals surface area contributed by atoms with Crippen molar-refractivity contribution in [1.29, 1.82) is 0 Å². The molecule has 322 valence electrons. The lowest BCUT2D eigenvalue weighted by Crippen LogP contribution is -2.61. The number of rotatable bonds is 13. The van der Waals surface area contributed by atoms with Gasteiger partial charge in [0.25, 0.3) is 0 Å². The number of hydrogen-bond acceptors (Lipinski definition) is 10. The van der Waals surface area contributed by atoms with Gasteiger partial charge in [0.15, 0.2) is 0 Å². The Morgan fingerprint density at radius 1 is 0.667 bits per heavy atom. The third-order valence-electron chi connectivity index (χ3n) is 11.5. The number of hydrogen-bond donors (Lipinski definition) is 5. The molecule has 4 aromatic carbocycles. The van der Waals surface area contributed by atoms with Crippen LogP contribution >= 0.6 is 0 Å². The Morgan fingerprint density at radius 2 is 1.07 bits per heavy atom. The van der Waals surface area contributed by atoms with Gasteiger partial charge in [0.2, 0.25) is 11.9 Å². The molecule has 6 rings (SSSR count). The fourth-order valence-corrected chi connectivity index (χ4v) is 7.47. The predicted molar refractivity (Wildman–Crippen MR) is 233 cm³/mol. The highest BCUT2D eigenvalue weighted by molar-refractivity contribution is 6.19. The molecule has 2 aliphatic rings. The number of likely N-dealkylation sites (N-methyl/N-ethyl adjacent to an activating group) is 2. The molecule has 4 aromatic rings. The predicted octanol–water partition coefficient (Wildman–Crippen LogP) is 5.84. The molecule has 12 nitrogen and oxygen atoms in total. The number of aliphatic hydroxyl groups is 1. The SMILES string of the molecule is CN[C@H]1CN(Cc2ccccc2)CC[C@H]1C.CN[C@H]1CN(Cc2ccccc2)CC[C@H]1C.Cc1ccc(C(=O)O[C@](C(=O)O)(C(=O)c2ccc(C)cc2)[C@@H](O)C(=O)O)cc1. The minimum absolute atomic E-state index is 0.106. The fourth-order valence-electron chi connectivity index (χ4n) is 7.47. The van der Waals surface area contributed by atoms with Crippen molar-refractivity contribution in [2.75, 3.05) is 40.3 Å². The lowest BCUT2D eigenvalue weighted by Gasteiger charge is -2.37. The van der Waals surface area contributed by atoms with E-state index in [-0.39, 0.29) is 11.1 Å². The quantitative estimate of drug-likeness (QED) is 0.0622. The third kappa shape index (κ3) is 13.1. The number of ketones is 1. The zero-order chi connectivity index (χ0) is 43.8. The lowest BCUT2D eigenvalue weighted by molar-refractivity contribution is -0.176. The van der Waals surface area contributed by atoms with Crippen LogP contribution in [0, 0.1) is 25.7 Å². The summed E-state index contributed by atoms with van der Waals surface area (Å²) in [5.41, 5.74) is 0.716. The van der Waals surface area contributed by atoms with Crippen molar-refractivity contribution in [2.45, 2.75) is 77.4 Å². The number of aliphatic hydroxyl groups excluding tert-OH is 1. The molecule has 60 heavy (non-hydrogen) atoms. The fraction of sp³-hybridized carbons (Fsp3) is 0.417. The Hall–Kier alpha value is -5.24. The van der Waals surface area contributed by atoms with Crippen molar-refractivity contribution < 1.29 is 39.2 Å². The molecule has 5 N–H and O–H groups in total. The number of nitrogens with zero attached hydrogens (tertiary/aromatic N) is 2. The average molecular weight is 823 g/mol. The Labute approximate surface area is 354 Å². The second-order valence-corrected chi connectivity index (χ2v) is 16.0. The topological polar surface area (TPSA) is 169 Å². The first-order valence-electron chi connectivity index (χ1n) is 20.6. The number of aryl methyl sites for hydroxylation is 2. The number of likely N-dealkylation sites (tertiary alicyclic amines) is 2. The number of aliphatic carboxylic acids is 2. The van der Waals surface area contributed by atoms with Crippen molar-refractivity contribution >= 4 is 23.7 Å². The van der Waals surface area contributed by atoms with Gasteiger partial charge in [0.1, 0.15) is 0 Å². The molecule has 2 saturated heterocycles. The third-order valence-corrected chi connectivity index (χ3v) is 11.5. The molecule has 0 spiro atoms. The van der Waals surface area contributed by atoms with Gasteiger partial charge in [-0.15, -0.1) is 0 Å². The second kappa shape index (κ2) is 22.9. The number of piperidine rings is 2. The monoisotopic (exact) mass is 822 g/mol. The van der Waals surface area contributed by atoms with Gasteiger partial charge in [-0.25, -0.2) is 14.4 Å². The number of ether oxygens (including phenoxy) is 1. The van der Waals surface area contributed by atoms with E-state index in [0.29, 0.717) is 12.1 Å². The van der Waals surface area contributed by atoms with Crippen LogP contribution in [0.15, 0.2) is 109 Å². The zero-order valence-corrected chi connectivity index (χ0v) is 35.7. The first-order valence-corrected chi connectivity index (χ1v) is 20.6. The zero-order valence-electron chi connectivity index (χ0n) is 35.7. The number of Topliss-reactive ketones (excluding diaryl/α,β-unsaturated/α-hetero) is 1. The van der Waals surface area contributed by atoms with E-state index in [4.69, 9.17) is 9.84 Å². The Bertz CT molecular complexity index is 1900. The highest BCUT2D eigenvalue weighted by atomic mass is 16.6. The van der Waals surface area contributed by atoms with Gasteiger partial charge in [-0.3, -0.25) is 14.6 Å². The van der Waals surface area contributed by atoms with E-state index < -0.39 is 35.4 Å². The number of carboxylic acids is 2. The first-order chi connectivity index (χ1) is 28.7. The highest BCUT2D eigenvalue weighted by Crippen LogP contribution is 2.27. The van der Waals surface area contributed by atoms with Crippen LogP contribution in [-0.2, 0) is 27.4 Å². The highest BCUT2D eigenvalue weighted by Gasteiger charge is 2.59. The van der Waals surface area contributed by atoms with Gasteiger partial charge in [-0.2, -0.15) is 0 Å². The van der Waals surface area contributed by atoms with Gasteiger partial charge >= 0.3 is 23.5 Å². The summed E-state index contributed by atoms with van der Waals surface area (Å²) in [7, 11) is 4.15. The number of carboxylic acid groups (broad SMARTS) is 2. The molecule has 0 unspecified atom stereocenters. The molecule has 0 aromatic heterocycles. The number of carbonyl (C=O) groups excluding carboxylic acids is 2. The van der Waals surface area contributed by atoms with Crippen molar-refractivity contribution in [2.24, 2.45) is 11.8 Å². The van der Waals surface area contributed by atoms with Gasteiger partial charge < -0.3 is 30.7 Å². The molecular weight excluding hydrogens is 761 g/mol. The van der Waals surface area contributed by atoms with Crippen LogP contribution in [0.2, 0.25) is 0 Å². The molecule has 6 atom stereocenters. The Kier molecular flexibility index (Phi) is 18.1. The summed E-state index contributed by atoms with van der Waals surface area (Å²) < 4.78 is 4.88. The van der Waals surface area contributed by atoms with E-state index in [2.05, 4.69) is 109 Å². The Balaban J connectivity index is 0.000000212. The number of nitrogens with one attached hydrogen (secondary N) is 2. The average Bonchev–Trinajstić information content (AvgIpc) is 3.25. The molecule has 2 heterocycles. The molecule has 0 saturated carbocycles. The summed E-state index contributed by atoms with van der Waals surface area (Å²) in [5, 5.41) is 35.7. The maximum atomic E-state index is 12.9. The molecule has 2 fully saturated rings. The molecule has 0 aliphatic carbocycles. The largest absolute Gasteiger partial charge is 0.479 e.